The molecule has 0 aliphatic carbocycles. The van der Waals surface area contributed by atoms with Crippen molar-refractivity contribution in [2.45, 2.75) is 19.4 Å². The number of hydrogen-bond acceptors (Lipinski definition) is 5. The molecule has 1 amide bonds. The Hall–Kier alpha value is -2.25. The number of rotatable bonds is 7. The maximum Gasteiger partial charge on any atom is 0.326 e. The van der Waals surface area contributed by atoms with Gasteiger partial charge in [0.15, 0.2) is 0 Å². The lowest BCUT2D eigenvalue weighted by atomic mass is 10.1. The Kier molecular flexibility index (Phi) is 5.84. The number of methoxy groups -OCH3 is 1. The van der Waals surface area contributed by atoms with Gasteiger partial charge in [-0.15, -0.1) is 0 Å². The number of ether oxygens (including phenoxy) is 1. The molecule has 0 aliphatic heterocycles. The molecule has 2 aromatic rings. The van der Waals surface area contributed by atoms with E-state index in [1.165, 1.54) is 7.11 Å². The van der Waals surface area contributed by atoms with Crippen LogP contribution in [0.5, 0.6) is 0 Å². The van der Waals surface area contributed by atoms with Crippen molar-refractivity contribution >= 4 is 23.2 Å². The van der Waals surface area contributed by atoms with Gasteiger partial charge in [0.25, 0.3) is 5.91 Å². The summed E-state index contributed by atoms with van der Waals surface area (Å²) in [4.78, 5) is 27.9. The number of carbonyl (C=O) groups is 2. The summed E-state index contributed by atoms with van der Waals surface area (Å²) in [6.07, 6.45) is 0.205. The van der Waals surface area contributed by atoms with Gasteiger partial charge in [-0.25, -0.2) is 4.79 Å². The number of aromatic nitrogens is 1. The van der Waals surface area contributed by atoms with E-state index in [1.807, 2.05) is 16.8 Å². The van der Waals surface area contributed by atoms with Gasteiger partial charge in [0.05, 0.1) is 17.0 Å². The fraction of sp³-hybridized carbons (Fsp3) is 0.312. The van der Waals surface area contributed by atoms with Crippen LogP contribution in [0, 0.1) is 6.92 Å². The Morgan fingerprint density at radius 3 is 2.74 bits per heavy atom. The number of nitrogens with one attached hydrogen (secondary N) is 1. The lowest BCUT2D eigenvalue weighted by molar-refractivity contribution is -0.139. The van der Waals surface area contributed by atoms with E-state index in [4.69, 9.17) is 9.84 Å². The van der Waals surface area contributed by atoms with Crippen molar-refractivity contribution in [3.63, 3.8) is 0 Å². The highest BCUT2D eigenvalue weighted by Gasteiger charge is 2.21. The van der Waals surface area contributed by atoms with Gasteiger partial charge in [-0.3, -0.25) is 9.78 Å². The van der Waals surface area contributed by atoms with Gasteiger partial charge in [0, 0.05) is 31.1 Å². The highest BCUT2D eigenvalue weighted by molar-refractivity contribution is 7.08. The molecule has 1 unspecified atom stereocenters. The van der Waals surface area contributed by atoms with Gasteiger partial charge in [0.2, 0.25) is 0 Å². The van der Waals surface area contributed by atoms with Crippen LogP contribution in [0.2, 0.25) is 0 Å². The Balaban J connectivity index is 2.14. The number of carbonyl (C=O) groups excluding carboxylic acids is 1. The van der Waals surface area contributed by atoms with Crippen LogP contribution in [0.15, 0.2) is 29.0 Å². The number of aryl methyl sites for hydroxylation is 1. The summed E-state index contributed by atoms with van der Waals surface area (Å²) in [7, 11) is 1.48. The van der Waals surface area contributed by atoms with E-state index < -0.39 is 17.9 Å². The minimum atomic E-state index is -1.09. The molecule has 0 aliphatic rings. The van der Waals surface area contributed by atoms with Crippen molar-refractivity contribution in [1.82, 2.24) is 10.3 Å². The highest BCUT2D eigenvalue weighted by atomic mass is 32.1. The fourth-order valence-electron chi connectivity index (χ4n) is 2.10. The molecule has 2 N–H and O–H groups in total. The monoisotopic (exact) mass is 334 g/mol. The summed E-state index contributed by atoms with van der Waals surface area (Å²) in [5.41, 5.74) is 2.71. The average molecular weight is 334 g/mol. The van der Waals surface area contributed by atoms with Gasteiger partial charge < -0.3 is 15.2 Å². The van der Waals surface area contributed by atoms with Gasteiger partial charge >= 0.3 is 5.97 Å². The smallest absolute Gasteiger partial charge is 0.326 e. The van der Waals surface area contributed by atoms with E-state index in [0.717, 1.165) is 11.3 Å². The number of pyridine rings is 1. The first-order chi connectivity index (χ1) is 11.0. The molecule has 0 bridgehead atoms. The first-order valence-electron chi connectivity index (χ1n) is 7.05. The third kappa shape index (κ3) is 4.37. The quantitative estimate of drug-likeness (QED) is 0.811. The molecule has 6 nitrogen and oxygen atoms in total. The molecule has 0 aromatic carbocycles. The molecule has 0 radical (unpaired) electrons. The van der Waals surface area contributed by atoms with Crippen molar-refractivity contribution in [3.05, 3.63) is 40.2 Å². The molecule has 122 valence electrons. The van der Waals surface area contributed by atoms with Crippen LogP contribution in [0.25, 0.3) is 11.3 Å². The van der Waals surface area contributed by atoms with Crippen LogP contribution >= 0.6 is 11.3 Å². The predicted molar refractivity (Wildman–Crippen MR) is 87.7 cm³/mol. The molecule has 2 rings (SSSR count). The normalized spacial score (nSPS) is 11.9. The van der Waals surface area contributed by atoms with E-state index in [-0.39, 0.29) is 13.0 Å². The van der Waals surface area contributed by atoms with Gasteiger partial charge in [0.1, 0.15) is 6.04 Å². The van der Waals surface area contributed by atoms with Crippen molar-refractivity contribution < 1.29 is 19.4 Å². The zero-order valence-electron chi connectivity index (χ0n) is 12.9. The molecule has 2 aromatic heterocycles. The molecule has 7 heteroatoms. The zero-order chi connectivity index (χ0) is 16.8. The van der Waals surface area contributed by atoms with Crippen LogP contribution in [0.3, 0.4) is 0 Å². The summed E-state index contributed by atoms with van der Waals surface area (Å²) < 4.78 is 4.86. The van der Waals surface area contributed by atoms with Crippen LogP contribution in [-0.2, 0) is 9.53 Å². The van der Waals surface area contributed by atoms with Crippen molar-refractivity contribution in [1.29, 1.82) is 0 Å². The largest absolute Gasteiger partial charge is 0.480 e. The van der Waals surface area contributed by atoms with Crippen molar-refractivity contribution in [2.24, 2.45) is 0 Å². The summed E-state index contributed by atoms with van der Waals surface area (Å²) >= 11 is 1.57. The summed E-state index contributed by atoms with van der Waals surface area (Å²) in [6, 6.07) is 4.39. The molecule has 0 spiro atoms. The second-order valence-electron chi connectivity index (χ2n) is 4.99. The fourth-order valence-corrected chi connectivity index (χ4v) is 2.75. The second kappa shape index (κ2) is 7.85. The zero-order valence-corrected chi connectivity index (χ0v) is 13.7. The first kappa shape index (κ1) is 17.1. The van der Waals surface area contributed by atoms with Gasteiger partial charge in [-0.2, -0.15) is 11.3 Å². The van der Waals surface area contributed by atoms with Crippen LogP contribution in [0.4, 0.5) is 0 Å². The van der Waals surface area contributed by atoms with E-state index in [0.29, 0.717) is 11.3 Å². The number of nitrogens with zero attached hydrogens (tertiary/aromatic N) is 1. The lowest BCUT2D eigenvalue weighted by Gasteiger charge is -2.15. The Morgan fingerprint density at radius 2 is 2.17 bits per heavy atom. The molecule has 0 saturated heterocycles. The van der Waals surface area contributed by atoms with Crippen molar-refractivity contribution in [3.8, 4) is 11.3 Å². The van der Waals surface area contributed by atoms with Crippen LogP contribution < -0.4 is 5.32 Å². The molecule has 23 heavy (non-hydrogen) atoms. The SMILES string of the molecule is COCCC(NC(=O)c1ccc(-c2ccsc2)nc1C)C(=O)O. The number of amides is 1. The second-order valence-corrected chi connectivity index (χ2v) is 5.77. The molecule has 1 atom stereocenters. The highest BCUT2D eigenvalue weighted by Crippen LogP contribution is 2.21. The molecule has 2 heterocycles. The number of carboxylic acid groups (broad SMARTS) is 1. The van der Waals surface area contributed by atoms with Crippen LogP contribution in [0.1, 0.15) is 22.5 Å². The molecule has 0 fully saturated rings. The summed E-state index contributed by atoms with van der Waals surface area (Å²) in [6.45, 7) is 1.99. The van der Waals surface area contributed by atoms with E-state index in [1.54, 1.807) is 30.4 Å². The average Bonchev–Trinajstić information content (AvgIpc) is 3.05. The molecule has 0 saturated carbocycles. The minimum absolute atomic E-state index is 0.205. The Labute approximate surface area is 138 Å². The topological polar surface area (TPSA) is 88.5 Å². The maximum atomic E-state index is 12.3. The van der Waals surface area contributed by atoms with E-state index in [2.05, 4.69) is 10.3 Å². The third-order valence-corrected chi connectivity index (χ3v) is 4.04. The third-order valence-electron chi connectivity index (χ3n) is 3.36. The van der Waals surface area contributed by atoms with Crippen molar-refractivity contribution in [2.75, 3.05) is 13.7 Å². The van der Waals surface area contributed by atoms with Gasteiger partial charge in [-0.05, 0) is 30.5 Å². The van der Waals surface area contributed by atoms with Crippen LogP contribution in [-0.4, -0.2) is 41.7 Å². The standard InChI is InChI=1S/C16H18N2O4S/c1-10-12(3-4-13(17-10)11-6-8-23-9-11)15(19)18-14(16(20)21)5-7-22-2/h3-4,6,8-9,14H,5,7H2,1-2H3,(H,18,19)(H,20,21). The number of hydrogen-bond donors (Lipinski definition) is 2. The molecular weight excluding hydrogens is 316 g/mol. The lowest BCUT2D eigenvalue weighted by Crippen LogP contribution is -2.41. The number of thiophene rings is 1. The molecular formula is C16H18N2O4S. The predicted octanol–water partition coefficient (Wildman–Crippen LogP) is 2.34. The van der Waals surface area contributed by atoms with E-state index >= 15 is 0 Å². The number of carboxylic acids is 1. The first-order valence-corrected chi connectivity index (χ1v) is 8.00. The number of aliphatic carboxylic acids is 1. The maximum absolute atomic E-state index is 12.3. The Morgan fingerprint density at radius 1 is 1.39 bits per heavy atom. The summed E-state index contributed by atoms with van der Waals surface area (Å²) in [5.74, 6) is -1.54. The van der Waals surface area contributed by atoms with E-state index in [9.17, 15) is 9.59 Å². The Bertz CT molecular complexity index is 685. The minimum Gasteiger partial charge on any atom is -0.480 e. The van der Waals surface area contributed by atoms with Gasteiger partial charge in [-0.1, -0.05) is 0 Å². The summed E-state index contributed by atoms with van der Waals surface area (Å²) in [5, 5.41) is 15.6.